The fraction of sp³-hybridized carbons (Fsp3) is 0.643. The van der Waals surface area contributed by atoms with E-state index in [2.05, 4.69) is 30.7 Å². The van der Waals surface area contributed by atoms with Gasteiger partial charge in [-0.05, 0) is 40.8 Å². The molecule has 0 bridgehead atoms. The van der Waals surface area contributed by atoms with Crippen LogP contribution in [0.1, 0.15) is 41.6 Å². The minimum absolute atomic E-state index is 0.102. The first kappa shape index (κ1) is 14.8. The first-order valence-electron chi connectivity index (χ1n) is 6.48. The second kappa shape index (κ2) is 6.05. The van der Waals surface area contributed by atoms with Crippen molar-refractivity contribution < 1.29 is 4.79 Å². The average Bonchev–Trinajstić information content (AvgIpc) is 2.60. The number of hydrogen-bond donors (Lipinski definition) is 1. The van der Waals surface area contributed by atoms with Crippen molar-refractivity contribution in [1.82, 2.24) is 14.8 Å². The standard InChI is InChI=1S/C14H25N3O/c1-10(2)17-11(3)9-13(12(17)4)14(18)16(6)8-7-15-5/h9-10,15H,7-8H2,1-6H3. The van der Waals surface area contributed by atoms with Gasteiger partial charge in [-0.2, -0.15) is 0 Å². The van der Waals surface area contributed by atoms with Crippen LogP contribution in [0.3, 0.4) is 0 Å². The molecule has 4 nitrogen and oxygen atoms in total. The molecule has 0 aromatic carbocycles. The monoisotopic (exact) mass is 251 g/mol. The lowest BCUT2D eigenvalue weighted by molar-refractivity contribution is 0.0796. The zero-order valence-corrected chi connectivity index (χ0v) is 12.4. The lowest BCUT2D eigenvalue weighted by atomic mass is 10.2. The largest absolute Gasteiger partial charge is 0.346 e. The summed E-state index contributed by atoms with van der Waals surface area (Å²) < 4.78 is 2.21. The summed E-state index contributed by atoms with van der Waals surface area (Å²) >= 11 is 0. The molecular weight excluding hydrogens is 226 g/mol. The molecule has 1 heterocycles. The van der Waals surface area contributed by atoms with Crippen LogP contribution in [-0.2, 0) is 0 Å². The van der Waals surface area contributed by atoms with Crippen LogP contribution >= 0.6 is 0 Å². The maximum Gasteiger partial charge on any atom is 0.255 e. The Balaban J connectivity index is 2.97. The van der Waals surface area contributed by atoms with Crippen molar-refractivity contribution in [3.8, 4) is 0 Å². The third-order valence-corrected chi connectivity index (χ3v) is 3.28. The number of likely N-dealkylation sites (N-methyl/N-ethyl adjacent to an activating group) is 2. The van der Waals surface area contributed by atoms with Gasteiger partial charge in [0.05, 0.1) is 5.56 Å². The van der Waals surface area contributed by atoms with E-state index in [4.69, 9.17) is 0 Å². The molecule has 0 aliphatic heterocycles. The fourth-order valence-electron chi connectivity index (χ4n) is 2.37. The highest BCUT2D eigenvalue weighted by molar-refractivity contribution is 5.95. The van der Waals surface area contributed by atoms with Crippen molar-refractivity contribution in [1.29, 1.82) is 0 Å². The van der Waals surface area contributed by atoms with Crippen LogP contribution in [0.2, 0.25) is 0 Å². The van der Waals surface area contributed by atoms with Gasteiger partial charge in [-0.3, -0.25) is 4.79 Å². The molecule has 18 heavy (non-hydrogen) atoms. The Hall–Kier alpha value is -1.29. The molecule has 0 aliphatic rings. The molecule has 0 saturated heterocycles. The van der Waals surface area contributed by atoms with Crippen molar-refractivity contribution in [3.63, 3.8) is 0 Å². The van der Waals surface area contributed by atoms with Gasteiger partial charge in [0.15, 0.2) is 0 Å². The minimum atomic E-state index is 0.102. The number of nitrogens with one attached hydrogen (secondary N) is 1. The smallest absolute Gasteiger partial charge is 0.255 e. The Morgan fingerprint density at radius 3 is 2.50 bits per heavy atom. The molecule has 0 radical (unpaired) electrons. The summed E-state index contributed by atoms with van der Waals surface area (Å²) in [6.07, 6.45) is 0. The van der Waals surface area contributed by atoms with Gasteiger partial charge < -0.3 is 14.8 Å². The summed E-state index contributed by atoms with van der Waals surface area (Å²) in [6, 6.07) is 2.38. The number of rotatable bonds is 5. The number of carbonyl (C=O) groups excluding carboxylic acids is 1. The van der Waals surface area contributed by atoms with Crippen LogP contribution in [-0.4, -0.2) is 42.6 Å². The number of hydrogen-bond acceptors (Lipinski definition) is 2. The van der Waals surface area contributed by atoms with Gasteiger partial charge in [0, 0.05) is 37.6 Å². The topological polar surface area (TPSA) is 37.3 Å². The molecule has 1 amide bonds. The average molecular weight is 251 g/mol. The summed E-state index contributed by atoms with van der Waals surface area (Å²) in [7, 11) is 3.74. The van der Waals surface area contributed by atoms with Gasteiger partial charge in [0.2, 0.25) is 0 Å². The van der Waals surface area contributed by atoms with E-state index in [0.717, 1.165) is 30.0 Å². The molecule has 1 rings (SSSR count). The summed E-state index contributed by atoms with van der Waals surface area (Å²) in [5, 5.41) is 3.06. The van der Waals surface area contributed by atoms with E-state index < -0.39 is 0 Å². The Morgan fingerprint density at radius 2 is 2.06 bits per heavy atom. The first-order chi connectivity index (χ1) is 8.40. The van der Waals surface area contributed by atoms with Crippen LogP contribution in [0, 0.1) is 13.8 Å². The van der Waals surface area contributed by atoms with E-state index in [0.29, 0.717) is 6.04 Å². The quantitative estimate of drug-likeness (QED) is 0.869. The Morgan fingerprint density at radius 1 is 1.44 bits per heavy atom. The number of carbonyl (C=O) groups is 1. The summed E-state index contributed by atoms with van der Waals surface area (Å²) in [6.45, 7) is 9.88. The van der Waals surface area contributed by atoms with Gasteiger partial charge in [-0.15, -0.1) is 0 Å². The maximum absolute atomic E-state index is 12.3. The lowest BCUT2D eigenvalue weighted by Gasteiger charge is -2.18. The molecule has 0 spiro atoms. The Labute approximate surface area is 110 Å². The van der Waals surface area contributed by atoms with Crippen molar-refractivity contribution in [3.05, 3.63) is 23.0 Å². The lowest BCUT2D eigenvalue weighted by Crippen LogP contribution is -2.33. The predicted octanol–water partition coefficient (Wildman–Crippen LogP) is 1.98. The third-order valence-electron chi connectivity index (χ3n) is 3.28. The van der Waals surface area contributed by atoms with Gasteiger partial charge in [0.25, 0.3) is 5.91 Å². The summed E-state index contributed by atoms with van der Waals surface area (Å²) in [5.41, 5.74) is 3.02. The van der Waals surface area contributed by atoms with E-state index in [9.17, 15) is 4.79 Å². The molecule has 0 aliphatic carbocycles. The van der Waals surface area contributed by atoms with Crippen molar-refractivity contribution in [2.75, 3.05) is 27.2 Å². The normalized spacial score (nSPS) is 11.1. The number of aryl methyl sites for hydroxylation is 1. The second-order valence-electron chi connectivity index (χ2n) is 5.08. The fourth-order valence-corrected chi connectivity index (χ4v) is 2.37. The van der Waals surface area contributed by atoms with Crippen LogP contribution in [0.5, 0.6) is 0 Å². The molecule has 0 atom stereocenters. The number of aromatic nitrogens is 1. The highest BCUT2D eigenvalue weighted by Gasteiger charge is 2.19. The maximum atomic E-state index is 12.3. The minimum Gasteiger partial charge on any atom is -0.346 e. The van der Waals surface area contributed by atoms with E-state index >= 15 is 0 Å². The van der Waals surface area contributed by atoms with E-state index in [-0.39, 0.29) is 5.91 Å². The predicted molar refractivity (Wildman–Crippen MR) is 75.2 cm³/mol. The molecule has 0 saturated carbocycles. The Bertz CT molecular complexity index is 421. The van der Waals surface area contributed by atoms with E-state index in [1.54, 1.807) is 4.90 Å². The van der Waals surface area contributed by atoms with Gasteiger partial charge >= 0.3 is 0 Å². The van der Waals surface area contributed by atoms with Crippen LogP contribution < -0.4 is 5.32 Å². The van der Waals surface area contributed by atoms with Gasteiger partial charge in [-0.1, -0.05) is 0 Å². The zero-order chi connectivity index (χ0) is 13.9. The number of amides is 1. The zero-order valence-electron chi connectivity index (χ0n) is 12.4. The van der Waals surface area contributed by atoms with Crippen molar-refractivity contribution >= 4 is 5.91 Å². The molecule has 1 N–H and O–H groups in total. The van der Waals surface area contributed by atoms with Gasteiger partial charge in [0.1, 0.15) is 0 Å². The highest BCUT2D eigenvalue weighted by Crippen LogP contribution is 2.21. The van der Waals surface area contributed by atoms with E-state index in [1.165, 1.54) is 0 Å². The molecule has 0 fully saturated rings. The Kier molecular flexibility index (Phi) is 4.96. The van der Waals surface area contributed by atoms with Crippen molar-refractivity contribution in [2.45, 2.75) is 33.7 Å². The molecule has 1 aromatic heterocycles. The summed E-state index contributed by atoms with van der Waals surface area (Å²) in [4.78, 5) is 14.1. The van der Waals surface area contributed by atoms with Gasteiger partial charge in [-0.25, -0.2) is 0 Å². The summed E-state index contributed by atoms with van der Waals surface area (Å²) in [5.74, 6) is 0.102. The molecular formula is C14H25N3O. The molecule has 1 aromatic rings. The third kappa shape index (κ3) is 2.93. The van der Waals surface area contributed by atoms with Crippen LogP contribution in [0.15, 0.2) is 6.07 Å². The first-order valence-corrected chi connectivity index (χ1v) is 6.48. The van der Waals surface area contributed by atoms with E-state index in [1.807, 2.05) is 27.1 Å². The molecule has 102 valence electrons. The van der Waals surface area contributed by atoms with Crippen molar-refractivity contribution in [2.24, 2.45) is 0 Å². The molecule has 4 heteroatoms. The highest BCUT2D eigenvalue weighted by atomic mass is 16.2. The number of nitrogens with zero attached hydrogens (tertiary/aromatic N) is 2. The second-order valence-corrected chi connectivity index (χ2v) is 5.08. The van der Waals surface area contributed by atoms with Crippen LogP contribution in [0.25, 0.3) is 0 Å². The molecule has 0 unspecified atom stereocenters. The van der Waals surface area contributed by atoms with Crippen LogP contribution in [0.4, 0.5) is 0 Å². The SMILES string of the molecule is CNCCN(C)C(=O)c1cc(C)n(C(C)C)c1C.